The number of phenols is 1. The van der Waals surface area contributed by atoms with Crippen LogP contribution in [0.1, 0.15) is 22.7 Å². The summed E-state index contributed by atoms with van der Waals surface area (Å²) in [6.07, 6.45) is 1.07. The lowest BCUT2D eigenvalue weighted by atomic mass is 9.87. The lowest BCUT2D eigenvalue weighted by Gasteiger charge is -2.35. The maximum absolute atomic E-state index is 10.8. The highest BCUT2D eigenvalue weighted by Crippen LogP contribution is 2.40. The molecule has 1 atom stereocenters. The Morgan fingerprint density at radius 2 is 1.68 bits per heavy atom. The summed E-state index contributed by atoms with van der Waals surface area (Å²) in [6.45, 7) is 1.01. The Morgan fingerprint density at radius 1 is 0.909 bits per heavy atom. The molecule has 1 unspecified atom stereocenters. The van der Waals surface area contributed by atoms with Crippen LogP contribution in [0.2, 0.25) is 0 Å². The van der Waals surface area contributed by atoms with Crippen LogP contribution in [0.15, 0.2) is 60.7 Å². The number of hydrogen-bond donors (Lipinski definition) is 1. The van der Waals surface area contributed by atoms with Crippen molar-refractivity contribution in [2.45, 2.75) is 12.5 Å². The molecule has 0 bridgehead atoms. The van der Waals surface area contributed by atoms with Crippen molar-refractivity contribution in [2.24, 2.45) is 0 Å². The standard InChI is InChI=1S/C20H19NO/c1-21-13-12-15-7-2-4-8-16(15)19(21)18-11-10-14-6-3-5-9-17(14)20(18)22/h2-11,19,22H,12-13H2,1H3. The minimum Gasteiger partial charge on any atom is -0.507 e. The molecular weight excluding hydrogens is 270 g/mol. The molecule has 0 saturated carbocycles. The second-order valence-corrected chi connectivity index (χ2v) is 6.06. The molecule has 1 aliphatic rings. The van der Waals surface area contributed by atoms with Gasteiger partial charge in [-0.15, -0.1) is 0 Å². The molecule has 1 N–H and O–H groups in total. The maximum atomic E-state index is 10.8. The van der Waals surface area contributed by atoms with E-state index in [4.69, 9.17) is 0 Å². The van der Waals surface area contributed by atoms with Gasteiger partial charge in [-0.1, -0.05) is 60.7 Å². The van der Waals surface area contributed by atoms with Crippen molar-refractivity contribution < 1.29 is 5.11 Å². The third-order valence-electron chi connectivity index (χ3n) is 4.75. The predicted octanol–water partition coefficient (Wildman–Crippen LogP) is 4.12. The van der Waals surface area contributed by atoms with Gasteiger partial charge in [-0.05, 0) is 30.0 Å². The van der Waals surface area contributed by atoms with Crippen LogP contribution in [0.5, 0.6) is 5.75 Å². The van der Waals surface area contributed by atoms with E-state index in [1.165, 1.54) is 11.1 Å². The molecule has 22 heavy (non-hydrogen) atoms. The zero-order valence-corrected chi connectivity index (χ0v) is 12.7. The molecule has 0 radical (unpaired) electrons. The fourth-order valence-electron chi connectivity index (χ4n) is 3.59. The highest BCUT2D eigenvalue weighted by molar-refractivity contribution is 5.89. The van der Waals surface area contributed by atoms with Crippen LogP contribution in [0.3, 0.4) is 0 Å². The lowest BCUT2D eigenvalue weighted by molar-refractivity contribution is 0.260. The first-order chi connectivity index (χ1) is 10.8. The Balaban J connectivity index is 1.93. The van der Waals surface area contributed by atoms with E-state index in [9.17, 15) is 5.11 Å². The second kappa shape index (κ2) is 5.15. The predicted molar refractivity (Wildman–Crippen MR) is 90.2 cm³/mol. The topological polar surface area (TPSA) is 23.5 Å². The summed E-state index contributed by atoms with van der Waals surface area (Å²) < 4.78 is 0. The second-order valence-electron chi connectivity index (χ2n) is 6.06. The van der Waals surface area contributed by atoms with Crippen molar-refractivity contribution >= 4 is 10.8 Å². The van der Waals surface area contributed by atoms with Gasteiger partial charge in [-0.25, -0.2) is 0 Å². The number of fused-ring (bicyclic) bond motifs is 2. The molecule has 4 rings (SSSR count). The highest BCUT2D eigenvalue weighted by Gasteiger charge is 2.28. The first-order valence-electron chi connectivity index (χ1n) is 7.74. The average Bonchev–Trinajstić information content (AvgIpc) is 2.56. The number of nitrogens with zero attached hydrogens (tertiary/aromatic N) is 1. The fraction of sp³-hybridized carbons (Fsp3) is 0.200. The van der Waals surface area contributed by atoms with Gasteiger partial charge in [0.15, 0.2) is 0 Å². The molecule has 0 saturated heterocycles. The average molecular weight is 289 g/mol. The molecule has 3 aromatic carbocycles. The number of benzene rings is 3. The molecule has 2 heteroatoms. The van der Waals surface area contributed by atoms with E-state index in [1.54, 1.807) is 0 Å². The van der Waals surface area contributed by atoms with E-state index in [0.29, 0.717) is 5.75 Å². The lowest BCUT2D eigenvalue weighted by Crippen LogP contribution is -2.32. The Kier molecular flexibility index (Phi) is 3.12. The largest absolute Gasteiger partial charge is 0.507 e. The first-order valence-corrected chi connectivity index (χ1v) is 7.74. The van der Waals surface area contributed by atoms with Crippen LogP contribution >= 0.6 is 0 Å². The van der Waals surface area contributed by atoms with Gasteiger partial charge in [0.1, 0.15) is 5.75 Å². The van der Waals surface area contributed by atoms with Crippen molar-refractivity contribution in [1.29, 1.82) is 0 Å². The van der Waals surface area contributed by atoms with E-state index < -0.39 is 0 Å². The van der Waals surface area contributed by atoms with Gasteiger partial charge in [0.05, 0.1) is 6.04 Å². The molecule has 3 aromatic rings. The molecule has 0 fully saturated rings. The number of likely N-dealkylation sites (N-methyl/N-ethyl adjacent to an activating group) is 1. The van der Waals surface area contributed by atoms with Crippen LogP contribution in [0, 0.1) is 0 Å². The molecule has 0 aliphatic carbocycles. The van der Waals surface area contributed by atoms with Crippen LogP contribution in [-0.4, -0.2) is 23.6 Å². The molecule has 110 valence electrons. The smallest absolute Gasteiger partial charge is 0.128 e. The Morgan fingerprint density at radius 3 is 2.59 bits per heavy atom. The molecule has 0 aromatic heterocycles. The fourth-order valence-corrected chi connectivity index (χ4v) is 3.59. The summed E-state index contributed by atoms with van der Waals surface area (Å²) >= 11 is 0. The molecule has 0 amide bonds. The Bertz CT molecular complexity index is 840. The normalized spacial score (nSPS) is 18.3. The summed E-state index contributed by atoms with van der Waals surface area (Å²) in [5.41, 5.74) is 3.69. The van der Waals surface area contributed by atoms with Crippen molar-refractivity contribution in [3.8, 4) is 5.75 Å². The van der Waals surface area contributed by atoms with Crippen LogP contribution in [-0.2, 0) is 6.42 Å². The number of rotatable bonds is 1. The van der Waals surface area contributed by atoms with Crippen molar-refractivity contribution in [3.05, 3.63) is 77.4 Å². The summed E-state index contributed by atoms with van der Waals surface area (Å²) in [6, 6.07) is 20.9. The maximum Gasteiger partial charge on any atom is 0.128 e. The van der Waals surface area contributed by atoms with Gasteiger partial charge in [0.2, 0.25) is 0 Å². The summed E-state index contributed by atoms with van der Waals surface area (Å²) in [5.74, 6) is 0.409. The van der Waals surface area contributed by atoms with Crippen LogP contribution < -0.4 is 0 Å². The number of phenolic OH excluding ortho intramolecular Hbond substituents is 1. The van der Waals surface area contributed by atoms with E-state index in [-0.39, 0.29) is 6.04 Å². The minimum atomic E-state index is 0.120. The monoisotopic (exact) mass is 289 g/mol. The van der Waals surface area contributed by atoms with Crippen molar-refractivity contribution in [2.75, 3.05) is 13.6 Å². The molecular formula is C20H19NO. The summed E-state index contributed by atoms with van der Waals surface area (Å²) in [7, 11) is 2.13. The molecule has 2 nitrogen and oxygen atoms in total. The highest BCUT2D eigenvalue weighted by atomic mass is 16.3. The van der Waals surface area contributed by atoms with Gasteiger partial charge in [-0.2, -0.15) is 0 Å². The van der Waals surface area contributed by atoms with Crippen molar-refractivity contribution in [3.63, 3.8) is 0 Å². The molecule has 1 aliphatic heterocycles. The summed E-state index contributed by atoms with van der Waals surface area (Å²) in [4.78, 5) is 2.33. The van der Waals surface area contributed by atoms with Gasteiger partial charge < -0.3 is 5.11 Å². The zero-order valence-electron chi connectivity index (χ0n) is 12.7. The van der Waals surface area contributed by atoms with Gasteiger partial charge in [-0.3, -0.25) is 4.90 Å². The number of aromatic hydroxyl groups is 1. The number of hydrogen-bond acceptors (Lipinski definition) is 2. The molecule has 1 heterocycles. The van der Waals surface area contributed by atoms with Gasteiger partial charge in [0.25, 0.3) is 0 Å². The minimum absolute atomic E-state index is 0.120. The Hall–Kier alpha value is -2.32. The Labute approximate surface area is 130 Å². The van der Waals surface area contributed by atoms with Crippen molar-refractivity contribution in [1.82, 2.24) is 4.90 Å². The third kappa shape index (κ3) is 1.99. The van der Waals surface area contributed by atoms with Gasteiger partial charge >= 0.3 is 0 Å². The van der Waals surface area contributed by atoms with E-state index in [1.807, 2.05) is 24.3 Å². The van der Waals surface area contributed by atoms with Gasteiger partial charge in [0, 0.05) is 17.5 Å². The quantitative estimate of drug-likeness (QED) is 0.728. The zero-order chi connectivity index (χ0) is 15.1. The van der Waals surface area contributed by atoms with E-state index in [2.05, 4.69) is 48.3 Å². The van der Waals surface area contributed by atoms with Crippen LogP contribution in [0.4, 0.5) is 0 Å². The van der Waals surface area contributed by atoms with E-state index >= 15 is 0 Å². The van der Waals surface area contributed by atoms with Crippen LogP contribution in [0.25, 0.3) is 10.8 Å². The SMILES string of the molecule is CN1CCc2ccccc2C1c1ccc2ccccc2c1O. The summed E-state index contributed by atoms with van der Waals surface area (Å²) in [5, 5.41) is 12.8. The third-order valence-corrected chi connectivity index (χ3v) is 4.75. The first kappa shape index (κ1) is 13.4. The van der Waals surface area contributed by atoms with E-state index in [0.717, 1.165) is 29.3 Å². The molecule has 0 spiro atoms.